The summed E-state index contributed by atoms with van der Waals surface area (Å²) in [5.74, 6) is 5.59. The molecule has 17 heavy (non-hydrogen) atoms. The Balaban J connectivity index is 2.19. The number of nitrogens with zero attached hydrogens (tertiary/aromatic N) is 2. The zero-order chi connectivity index (χ0) is 12.3. The lowest BCUT2D eigenvalue weighted by Crippen LogP contribution is -2.31. The highest BCUT2D eigenvalue weighted by molar-refractivity contribution is 6.30. The predicted molar refractivity (Wildman–Crippen MR) is 68.4 cm³/mol. The van der Waals surface area contributed by atoms with Gasteiger partial charge in [-0.2, -0.15) is 5.10 Å². The molecule has 0 saturated heterocycles. The molecule has 1 aromatic heterocycles. The van der Waals surface area contributed by atoms with E-state index in [0.29, 0.717) is 0 Å². The van der Waals surface area contributed by atoms with Crippen molar-refractivity contribution in [2.75, 3.05) is 0 Å². The van der Waals surface area contributed by atoms with Crippen molar-refractivity contribution >= 4 is 11.6 Å². The topological polar surface area (TPSA) is 55.9 Å². The lowest BCUT2D eigenvalue weighted by molar-refractivity contribution is 0.508. The normalized spacial score (nSPS) is 12.6. The standard InChI is InChI=1S/C12H15ClN4/c1-17-12(5-6-15-17)11(16-14)8-9-3-2-4-10(13)7-9/h2-7,11,16H,8,14H2,1H3. The molecule has 2 aromatic rings. The minimum absolute atomic E-state index is 0.0287. The fourth-order valence-electron chi connectivity index (χ4n) is 1.87. The van der Waals surface area contributed by atoms with E-state index in [2.05, 4.69) is 10.5 Å². The number of halogens is 1. The van der Waals surface area contributed by atoms with Crippen LogP contribution in [0.5, 0.6) is 0 Å². The molecular weight excluding hydrogens is 236 g/mol. The van der Waals surface area contributed by atoms with Crippen LogP contribution in [0.25, 0.3) is 0 Å². The molecule has 0 radical (unpaired) electrons. The molecule has 3 N–H and O–H groups in total. The molecule has 1 unspecified atom stereocenters. The van der Waals surface area contributed by atoms with Gasteiger partial charge in [-0.3, -0.25) is 16.0 Å². The van der Waals surface area contributed by atoms with Crippen LogP contribution in [0.1, 0.15) is 17.3 Å². The molecule has 5 heteroatoms. The number of benzene rings is 1. The summed E-state index contributed by atoms with van der Waals surface area (Å²) in [6.45, 7) is 0. The van der Waals surface area contributed by atoms with Crippen molar-refractivity contribution in [3.8, 4) is 0 Å². The quantitative estimate of drug-likeness (QED) is 0.643. The van der Waals surface area contributed by atoms with Gasteiger partial charge in [-0.1, -0.05) is 23.7 Å². The van der Waals surface area contributed by atoms with Crippen molar-refractivity contribution in [3.05, 3.63) is 52.8 Å². The van der Waals surface area contributed by atoms with E-state index in [4.69, 9.17) is 17.4 Å². The van der Waals surface area contributed by atoms with Gasteiger partial charge < -0.3 is 0 Å². The summed E-state index contributed by atoms with van der Waals surface area (Å²) in [6.07, 6.45) is 2.54. The zero-order valence-electron chi connectivity index (χ0n) is 9.60. The van der Waals surface area contributed by atoms with Gasteiger partial charge in [0.2, 0.25) is 0 Å². The van der Waals surface area contributed by atoms with Crippen LogP contribution in [0.4, 0.5) is 0 Å². The molecule has 1 aromatic carbocycles. The summed E-state index contributed by atoms with van der Waals surface area (Å²) < 4.78 is 1.81. The second kappa shape index (κ2) is 5.31. The van der Waals surface area contributed by atoms with Crippen LogP contribution in [0.2, 0.25) is 5.02 Å². The maximum Gasteiger partial charge on any atom is 0.0669 e. The van der Waals surface area contributed by atoms with Crippen LogP contribution < -0.4 is 11.3 Å². The Morgan fingerprint density at radius 1 is 1.47 bits per heavy atom. The van der Waals surface area contributed by atoms with E-state index >= 15 is 0 Å². The second-order valence-electron chi connectivity index (χ2n) is 3.93. The van der Waals surface area contributed by atoms with Crippen LogP contribution in [0.15, 0.2) is 36.5 Å². The monoisotopic (exact) mass is 250 g/mol. The fraction of sp³-hybridized carbons (Fsp3) is 0.250. The molecule has 4 nitrogen and oxygen atoms in total. The van der Waals surface area contributed by atoms with Gasteiger partial charge in [0.1, 0.15) is 0 Å². The molecule has 0 bridgehead atoms. The van der Waals surface area contributed by atoms with E-state index in [1.54, 1.807) is 6.20 Å². The largest absolute Gasteiger partial charge is 0.271 e. The van der Waals surface area contributed by atoms with Crippen molar-refractivity contribution in [3.63, 3.8) is 0 Å². The van der Waals surface area contributed by atoms with Crippen molar-refractivity contribution in [2.24, 2.45) is 12.9 Å². The molecule has 0 saturated carbocycles. The minimum Gasteiger partial charge on any atom is -0.271 e. The maximum absolute atomic E-state index is 5.96. The zero-order valence-corrected chi connectivity index (χ0v) is 10.4. The third kappa shape index (κ3) is 2.85. The molecular formula is C12H15ClN4. The Bertz CT molecular complexity index is 495. The van der Waals surface area contributed by atoms with Gasteiger partial charge in [0.25, 0.3) is 0 Å². The summed E-state index contributed by atoms with van der Waals surface area (Å²) in [5, 5.41) is 4.88. The maximum atomic E-state index is 5.96. The molecule has 0 aliphatic heterocycles. The van der Waals surface area contributed by atoms with Crippen molar-refractivity contribution in [1.29, 1.82) is 0 Å². The fourth-order valence-corrected chi connectivity index (χ4v) is 2.09. The molecule has 0 aliphatic rings. The van der Waals surface area contributed by atoms with E-state index < -0.39 is 0 Å². The van der Waals surface area contributed by atoms with Gasteiger partial charge in [-0.15, -0.1) is 0 Å². The number of nitrogens with two attached hydrogens (primary N) is 1. The van der Waals surface area contributed by atoms with E-state index in [1.165, 1.54) is 0 Å². The Hall–Kier alpha value is -1.36. The first-order chi connectivity index (χ1) is 8.20. The predicted octanol–water partition coefficient (Wildman–Crippen LogP) is 1.82. The molecule has 1 atom stereocenters. The number of hydrogen-bond donors (Lipinski definition) is 2. The van der Waals surface area contributed by atoms with Crippen molar-refractivity contribution in [2.45, 2.75) is 12.5 Å². The third-order valence-electron chi connectivity index (χ3n) is 2.75. The number of rotatable bonds is 4. The molecule has 0 aliphatic carbocycles. The number of aromatic nitrogens is 2. The van der Waals surface area contributed by atoms with Crippen LogP contribution in [-0.2, 0) is 13.5 Å². The Morgan fingerprint density at radius 2 is 2.29 bits per heavy atom. The van der Waals surface area contributed by atoms with E-state index in [9.17, 15) is 0 Å². The molecule has 1 heterocycles. The Morgan fingerprint density at radius 3 is 2.88 bits per heavy atom. The van der Waals surface area contributed by atoms with E-state index in [0.717, 1.165) is 22.7 Å². The average molecular weight is 251 g/mol. The van der Waals surface area contributed by atoms with Gasteiger partial charge in [0, 0.05) is 18.3 Å². The minimum atomic E-state index is 0.0287. The smallest absolute Gasteiger partial charge is 0.0669 e. The van der Waals surface area contributed by atoms with Gasteiger partial charge in [0.15, 0.2) is 0 Å². The summed E-state index contributed by atoms with van der Waals surface area (Å²) >= 11 is 5.96. The SMILES string of the molecule is Cn1nccc1C(Cc1cccc(Cl)c1)NN. The number of nitrogens with one attached hydrogen (secondary N) is 1. The Kier molecular flexibility index (Phi) is 3.78. The molecule has 90 valence electrons. The highest BCUT2D eigenvalue weighted by Gasteiger charge is 2.13. The first kappa shape index (κ1) is 12.1. The lowest BCUT2D eigenvalue weighted by Gasteiger charge is -2.16. The van der Waals surface area contributed by atoms with Crippen LogP contribution >= 0.6 is 11.6 Å². The summed E-state index contributed by atoms with van der Waals surface area (Å²) in [6, 6.07) is 9.76. The van der Waals surface area contributed by atoms with Crippen molar-refractivity contribution < 1.29 is 0 Å². The summed E-state index contributed by atoms with van der Waals surface area (Å²) in [5.41, 5.74) is 5.00. The lowest BCUT2D eigenvalue weighted by atomic mass is 10.0. The Labute approximate surface area is 105 Å². The summed E-state index contributed by atoms with van der Waals surface area (Å²) in [7, 11) is 1.90. The van der Waals surface area contributed by atoms with Crippen LogP contribution in [0.3, 0.4) is 0 Å². The highest BCUT2D eigenvalue weighted by Crippen LogP contribution is 2.19. The van der Waals surface area contributed by atoms with E-state index in [-0.39, 0.29) is 6.04 Å². The highest BCUT2D eigenvalue weighted by atomic mass is 35.5. The molecule has 0 amide bonds. The van der Waals surface area contributed by atoms with Crippen LogP contribution in [0, 0.1) is 0 Å². The second-order valence-corrected chi connectivity index (χ2v) is 4.37. The average Bonchev–Trinajstić information content (AvgIpc) is 2.72. The van der Waals surface area contributed by atoms with Gasteiger partial charge in [0.05, 0.1) is 11.7 Å². The number of aryl methyl sites for hydroxylation is 1. The van der Waals surface area contributed by atoms with Crippen LogP contribution in [-0.4, -0.2) is 9.78 Å². The summed E-state index contributed by atoms with van der Waals surface area (Å²) in [4.78, 5) is 0. The first-order valence-corrected chi connectivity index (χ1v) is 5.77. The van der Waals surface area contributed by atoms with Gasteiger partial charge in [-0.05, 0) is 30.2 Å². The van der Waals surface area contributed by atoms with E-state index in [1.807, 2.05) is 42.1 Å². The van der Waals surface area contributed by atoms with Gasteiger partial charge >= 0.3 is 0 Å². The number of hydrogen-bond acceptors (Lipinski definition) is 3. The molecule has 0 fully saturated rings. The molecule has 0 spiro atoms. The molecule has 2 rings (SSSR count). The first-order valence-electron chi connectivity index (χ1n) is 5.39. The number of hydrazine groups is 1. The third-order valence-corrected chi connectivity index (χ3v) is 2.98. The van der Waals surface area contributed by atoms with Gasteiger partial charge in [-0.25, -0.2) is 0 Å². The van der Waals surface area contributed by atoms with Crippen molar-refractivity contribution in [1.82, 2.24) is 15.2 Å².